The van der Waals surface area contributed by atoms with E-state index in [2.05, 4.69) is 10.6 Å². The minimum absolute atomic E-state index is 0. The summed E-state index contributed by atoms with van der Waals surface area (Å²) in [7, 11) is 0. The third-order valence-corrected chi connectivity index (χ3v) is 2.95. The molecule has 1 amide bonds. The van der Waals surface area contributed by atoms with E-state index in [1.54, 1.807) is 0 Å². The first-order chi connectivity index (χ1) is 6.21. The van der Waals surface area contributed by atoms with E-state index in [1.807, 2.05) is 0 Å². The SMILES string of the molecule is Cl.NC1(C(=O)NCC2CCNC2)CC1. The highest BCUT2D eigenvalue weighted by molar-refractivity contribution is 5.88. The Morgan fingerprint density at radius 1 is 1.57 bits per heavy atom. The quantitative estimate of drug-likeness (QED) is 0.607. The average Bonchev–Trinajstić information content (AvgIpc) is 2.70. The highest BCUT2D eigenvalue weighted by atomic mass is 35.5. The van der Waals surface area contributed by atoms with Gasteiger partial charge in [0.15, 0.2) is 0 Å². The highest BCUT2D eigenvalue weighted by Crippen LogP contribution is 2.32. The lowest BCUT2D eigenvalue weighted by Gasteiger charge is -2.13. The molecule has 4 N–H and O–H groups in total. The molecule has 2 fully saturated rings. The number of hydrogen-bond acceptors (Lipinski definition) is 3. The van der Waals surface area contributed by atoms with Crippen molar-refractivity contribution in [2.75, 3.05) is 19.6 Å². The second kappa shape index (κ2) is 4.47. The molecule has 1 saturated heterocycles. The van der Waals surface area contributed by atoms with Crippen LogP contribution in [0.3, 0.4) is 0 Å². The van der Waals surface area contributed by atoms with Crippen LogP contribution in [0.25, 0.3) is 0 Å². The molecule has 0 bridgehead atoms. The maximum absolute atomic E-state index is 11.4. The number of nitrogens with one attached hydrogen (secondary N) is 2. The summed E-state index contributed by atoms with van der Waals surface area (Å²) in [5.41, 5.74) is 5.24. The van der Waals surface area contributed by atoms with E-state index < -0.39 is 5.54 Å². The standard InChI is InChI=1S/C9H17N3O.ClH/c10-9(2-3-9)8(13)12-6-7-1-4-11-5-7;/h7,11H,1-6,10H2,(H,12,13);1H. The van der Waals surface area contributed by atoms with Crippen LogP contribution in [0.1, 0.15) is 19.3 Å². The summed E-state index contributed by atoms with van der Waals surface area (Å²) < 4.78 is 0. The largest absolute Gasteiger partial charge is 0.354 e. The Morgan fingerprint density at radius 3 is 2.79 bits per heavy atom. The predicted molar refractivity (Wildman–Crippen MR) is 57.4 cm³/mol. The zero-order valence-corrected chi connectivity index (χ0v) is 9.03. The number of carbonyl (C=O) groups is 1. The van der Waals surface area contributed by atoms with Gasteiger partial charge in [0.1, 0.15) is 0 Å². The van der Waals surface area contributed by atoms with Crippen LogP contribution in [0, 0.1) is 5.92 Å². The molecule has 2 rings (SSSR count). The van der Waals surface area contributed by atoms with Crippen LogP contribution >= 0.6 is 12.4 Å². The van der Waals surface area contributed by atoms with E-state index in [9.17, 15) is 4.79 Å². The maximum atomic E-state index is 11.4. The molecule has 1 aliphatic carbocycles. The third-order valence-electron chi connectivity index (χ3n) is 2.95. The normalized spacial score (nSPS) is 27.9. The van der Waals surface area contributed by atoms with Crippen LogP contribution in [0.4, 0.5) is 0 Å². The molecule has 0 aromatic carbocycles. The molecule has 4 nitrogen and oxygen atoms in total. The first-order valence-electron chi connectivity index (χ1n) is 4.99. The van der Waals surface area contributed by atoms with Gasteiger partial charge in [-0.1, -0.05) is 0 Å². The molecule has 5 heteroatoms. The Balaban J connectivity index is 0.000000980. The Kier molecular flexibility index (Phi) is 3.75. The van der Waals surface area contributed by atoms with Crippen molar-refractivity contribution in [3.05, 3.63) is 0 Å². The van der Waals surface area contributed by atoms with Crippen LogP contribution in [-0.4, -0.2) is 31.1 Å². The van der Waals surface area contributed by atoms with E-state index in [-0.39, 0.29) is 18.3 Å². The molecule has 1 aliphatic heterocycles. The van der Waals surface area contributed by atoms with Gasteiger partial charge in [-0.15, -0.1) is 12.4 Å². The first-order valence-corrected chi connectivity index (χ1v) is 4.99. The number of carbonyl (C=O) groups excluding carboxylic acids is 1. The summed E-state index contributed by atoms with van der Waals surface area (Å²) in [5.74, 6) is 0.644. The van der Waals surface area contributed by atoms with E-state index >= 15 is 0 Å². The number of amides is 1. The Labute approximate surface area is 90.4 Å². The number of halogens is 1. The van der Waals surface area contributed by atoms with Crippen LogP contribution in [0.5, 0.6) is 0 Å². The molecule has 82 valence electrons. The summed E-state index contributed by atoms with van der Waals surface area (Å²) in [5, 5.41) is 6.19. The average molecular weight is 220 g/mol. The van der Waals surface area contributed by atoms with E-state index in [0.717, 1.165) is 38.9 Å². The smallest absolute Gasteiger partial charge is 0.240 e. The Morgan fingerprint density at radius 2 is 2.29 bits per heavy atom. The van der Waals surface area contributed by atoms with Gasteiger partial charge in [0.2, 0.25) is 5.91 Å². The lowest BCUT2D eigenvalue weighted by Crippen LogP contribution is -2.44. The van der Waals surface area contributed by atoms with Gasteiger partial charge in [-0.3, -0.25) is 4.79 Å². The Hall–Kier alpha value is -0.320. The number of nitrogens with two attached hydrogens (primary N) is 1. The second-order valence-electron chi connectivity index (χ2n) is 4.22. The van der Waals surface area contributed by atoms with E-state index in [0.29, 0.717) is 5.92 Å². The van der Waals surface area contributed by atoms with Crippen LogP contribution < -0.4 is 16.4 Å². The summed E-state index contributed by atoms with van der Waals surface area (Å²) >= 11 is 0. The van der Waals surface area contributed by atoms with Gasteiger partial charge in [-0.2, -0.15) is 0 Å². The van der Waals surface area contributed by atoms with Crippen molar-refractivity contribution >= 4 is 18.3 Å². The lowest BCUT2D eigenvalue weighted by atomic mass is 10.1. The van der Waals surface area contributed by atoms with Gasteiger partial charge in [0.25, 0.3) is 0 Å². The molecule has 2 aliphatic rings. The van der Waals surface area contributed by atoms with E-state index in [4.69, 9.17) is 5.73 Å². The minimum Gasteiger partial charge on any atom is -0.354 e. The van der Waals surface area contributed by atoms with E-state index in [1.165, 1.54) is 0 Å². The molecule has 14 heavy (non-hydrogen) atoms. The van der Waals surface area contributed by atoms with Gasteiger partial charge in [-0.05, 0) is 38.3 Å². The molecule has 0 spiro atoms. The number of rotatable bonds is 3. The molecule has 0 aromatic rings. The van der Waals surface area contributed by atoms with Crippen molar-refractivity contribution in [3.8, 4) is 0 Å². The number of hydrogen-bond donors (Lipinski definition) is 3. The van der Waals surface area contributed by atoms with Gasteiger partial charge in [-0.25, -0.2) is 0 Å². The van der Waals surface area contributed by atoms with Crippen molar-refractivity contribution in [1.82, 2.24) is 10.6 Å². The third kappa shape index (κ3) is 2.59. The van der Waals surface area contributed by atoms with Crippen molar-refractivity contribution < 1.29 is 4.79 Å². The van der Waals surface area contributed by atoms with Crippen molar-refractivity contribution in [3.63, 3.8) is 0 Å². The molecule has 1 heterocycles. The maximum Gasteiger partial charge on any atom is 0.240 e. The minimum atomic E-state index is -0.508. The molecule has 0 radical (unpaired) electrons. The highest BCUT2D eigenvalue weighted by Gasteiger charge is 2.45. The molecule has 0 aromatic heterocycles. The van der Waals surface area contributed by atoms with Gasteiger partial charge < -0.3 is 16.4 Å². The van der Waals surface area contributed by atoms with Crippen LogP contribution in [-0.2, 0) is 4.79 Å². The zero-order valence-electron chi connectivity index (χ0n) is 8.21. The lowest BCUT2D eigenvalue weighted by molar-refractivity contribution is -0.123. The predicted octanol–water partition coefficient (Wildman–Crippen LogP) is -0.375. The zero-order chi connectivity index (χ0) is 9.31. The monoisotopic (exact) mass is 219 g/mol. The molecule has 1 atom stereocenters. The van der Waals surface area contributed by atoms with Gasteiger partial charge >= 0.3 is 0 Å². The first kappa shape index (κ1) is 11.8. The molecule has 1 unspecified atom stereocenters. The topological polar surface area (TPSA) is 67.2 Å². The molecule has 1 saturated carbocycles. The summed E-state index contributed by atoms with van der Waals surface area (Å²) in [6.45, 7) is 2.89. The van der Waals surface area contributed by atoms with Crippen LogP contribution in [0.2, 0.25) is 0 Å². The van der Waals surface area contributed by atoms with Gasteiger partial charge in [0.05, 0.1) is 5.54 Å². The second-order valence-corrected chi connectivity index (χ2v) is 4.22. The molecular formula is C9H18ClN3O. The summed E-state index contributed by atoms with van der Waals surface area (Å²) in [6, 6.07) is 0. The summed E-state index contributed by atoms with van der Waals surface area (Å²) in [6.07, 6.45) is 2.86. The Bertz CT molecular complexity index is 212. The fraction of sp³-hybridized carbons (Fsp3) is 0.889. The van der Waals surface area contributed by atoms with Crippen molar-refractivity contribution in [2.45, 2.75) is 24.8 Å². The fourth-order valence-electron chi connectivity index (χ4n) is 1.66. The van der Waals surface area contributed by atoms with Crippen molar-refractivity contribution in [1.29, 1.82) is 0 Å². The fourth-order valence-corrected chi connectivity index (χ4v) is 1.66. The summed E-state index contributed by atoms with van der Waals surface area (Å²) in [4.78, 5) is 11.4. The molecular weight excluding hydrogens is 202 g/mol. The van der Waals surface area contributed by atoms with Gasteiger partial charge in [0, 0.05) is 6.54 Å². The van der Waals surface area contributed by atoms with Crippen LogP contribution in [0.15, 0.2) is 0 Å². The van der Waals surface area contributed by atoms with Crippen molar-refractivity contribution in [2.24, 2.45) is 11.7 Å².